The van der Waals surface area contributed by atoms with Gasteiger partial charge >= 0.3 is 0 Å². The smallest absolute Gasteiger partial charge is 0.215 e. The molecule has 1 atom stereocenters. The molecular weight excluding hydrogens is 403 g/mol. The zero-order chi connectivity index (χ0) is 21.3. The number of nitrogens with one attached hydrogen (secondary N) is 2. The molecule has 2 aromatic heterocycles. The van der Waals surface area contributed by atoms with Gasteiger partial charge in [0, 0.05) is 39.4 Å². The highest BCUT2D eigenvalue weighted by Gasteiger charge is 2.22. The quantitative estimate of drug-likeness (QED) is 0.609. The maximum absolute atomic E-state index is 14.9. The van der Waals surface area contributed by atoms with Crippen molar-refractivity contribution in [3.05, 3.63) is 53.7 Å². The van der Waals surface area contributed by atoms with Crippen molar-refractivity contribution in [2.45, 2.75) is 18.7 Å². The summed E-state index contributed by atoms with van der Waals surface area (Å²) >= 11 is -1.73. The molecule has 158 valence electrons. The van der Waals surface area contributed by atoms with Crippen LogP contribution in [0.4, 0.5) is 15.9 Å². The van der Waals surface area contributed by atoms with Crippen molar-refractivity contribution in [3.8, 4) is 11.1 Å². The largest absolute Gasteiger partial charge is 0.588 e. The minimum Gasteiger partial charge on any atom is -0.588 e. The highest BCUT2D eigenvalue weighted by atomic mass is 32.2. The van der Waals surface area contributed by atoms with Crippen molar-refractivity contribution in [2.24, 2.45) is 7.05 Å². The molecule has 1 aliphatic heterocycles. The summed E-state index contributed by atoms with van der Waals surface area (Å²) < 4.78 is 32.2. The zero-order valence-electron chi connectivity index (χ0n) is 17.3. The highest BCUT2D eigenvalue weighted by Crippen LogP contribution is 2.28. The van der Waals surface area contributed by atoms with Crippen LogP contribution >= 0.6 is 0 Å². The van der Waals surface area contributed by atoms with E-state index in [1.54, 1.807) is 23.0 Å². The summed E-state index contributed by atoms with van der Waals surface area (Å²) in [4.78, 5) is 6.78. The number of hydrogen-bond acceptors (Lipinski definition) is 6. The predicted octanol–water partition coefficient (Wildman–Crippen LogP) is 2.78. The Morgan fingerprint density at radius 1 is 1.13 bits per heavy atom. The molecule has 1 fully saturated rings. The lowest BCUT2D eigenvalue weighted by Gasteiger charge is -2.28. The van der Waals surface area contributed by atoms with Gasteiger partial charge < -0.3 is 14.8 Å². The topological polar surface area (TPSA) is 81.1 Å². The van der Waals surface area contributed by atoms with Crippen molar-refractivity contribution in [1.29, 1.82) is 0 Å². The van der Waals surface area contributed by atoms with Gasteiger partial charge in [0.2, 0.25) is 4.90 Å². The Morgan fingerprint density at radius 2 is 1.87 bits per heavy atom. The third-order valence-corrected chi connectivity index (χ3v) is 6.48. The van der Waals surface area contributed by atoms with Crippen LogP contribution in [-0.4, -0.2) is 45.5 Å². The van der Waals surface area contributed by atoms with Gasteiger partial charge in [-0.3, -0.25) is 4.68 Å². The van der Waals surface area contributed by atoms with Crippen molar-refractivity contribution in [2.75, 3.05) is 35.8 Å². The average Bonchev–Trinajstić information content (AvgIpc) is 3.00. The Bertz CT molecular complexity index is 1050. The number of rotatable bonds is 5. The molecule has 0 spiro atoms. The van der Waals surface area contributed by atoms with Crippen LogP contribution in [0.5, 0.6) is 0 Å². The summed E-state index contributed by atoms with van der Waals surface area (Å²) in [6, 6.07) is 8.61. The Kier molecular flexibility index (Phi) is 5.94. The van der Waals surface area contributed by atoms with E-state index in [4.69, 9.17) is 0 Å². The highest BCUT2D eigenvalue weighted by molar-refractivity contribution is 7.92. The molecular formula is C21H25FN6OS. The van der Waals surface area contributed by atoms with Crippen molar-refractivity contribution < 1.29 is 8.94 Å². The van der Waals surface area contributed by atoms with E-state index >= 15 is 0 Å². The first kappa shape index (κ1) is 20.6. The first-order valence-electron chi connectivity index (χ1n) is 9.84. The molecule has 30 heavy (non-hydrogen) atoms. The summed E-state index contributed by atoms with van der Waals surface area (Å²) in [6.07, 6.45) is 1.74. The summed E-state index contributed by atoms with van der Waals surface area (Å²) in [7, 11) is 1.81. The minimum atomic E-state index is -1.73. The molecule has 0 bridgehead atoms. The monoisotopic (exact) mass is 428 g/mol. The van der Waals surface area contributed by atoms with Gasteiger partial charge in [0.15, 0.2) is 5.82 Å². The molecule has 3 aromatic rings. The standard InChI is InChI=1S/C21H25FN6OS/c1-14-21(15(2)27(3)25-14)26-30(29)19-5-4-16(12-18(19)22)17-6-7-24-20(13-17)28-10-8-23-9-11-28/h4-7,12-13,23,26H,8-11H2,1-3H3. The van der Waals surface area contributed by atoms with Crippen molar-refractivity contribution in [1.82, 2.24) is 20.1 Å². The normalized spacial score (nSPS) is 15.3. The molecule has 3 heterocycles. The second kappa shape index (κ2) is 8.63. The van der Waals surface area contributed by atoms with Gasteiger partial charge in [0.1, 0.15) is 22.9 Å². The SMILES string of the molecule is Cc1nn(C)c(C)c1N[S+]([O-])c1ccc(-c2ccnc(N3CCNCC3)c2)cc1F. The Hall–Kier alpha value is -2.62. The van der Waals surface area contributed by atoms with Crippen LogP contribution in [0, 0.1) is 19.7 Å². The lowest BCUT2D eigenvalue weighted by Crippen LogP contribution is -2.43. The first-order valence-corrected chi connectivity index (χ1v) is 11.0. The Morgan fingerprint density at radius 3 is 2.53 bits per heavy atom. The molecule has 4 rings (SSSR count). The van der Waals surface area contributed by atoms with E-state index in [-0.39, 0.29) is 4.90 Å². The fourth-order valence-corrected chi connectivity index (χ4v) is 4.58. The predicted molar refractivity (Wildman–Crippen MR) is 117 cm³/mol. The van der Waals surface area contributed by atoms with Gasteiger partial charge in [-0.2, -0.15) is 9.82 Å². The summed E-state index contributed by atoms with van der Waals surface area (Å²) in [5.41, 5.74) is 3.82. The maximum Gasteiger partial charge on any atom is 0.215 e. The van der Waals surface area contributed by atoms with E-state index in [0.717, 1.165) is 54.5 Å². The average molecular weight is 429 g/mol. The molecule has 0 radical (unpaired) electrons. The first-order chi connectivity index (χ1) is 14.4. The fourth-order valence-electron chi connectivity index (χ4n) is 3.56. The van der Waals surface area contributed by atoms with Crippen LogP contribution in [0.1, 0.15) is 11.4 Å². The molecule has 0 aliphatic carbocycles. The number of pyridine rings is 1. The maximum atomic E-state index is 14.9. The van der Waals surface area contributed by atoms with Gasteiger partial charge in [-0.05, 0) is 55.3 Å². The van der Waals surface area contributed by atoms with Crippen molar-refractivity contribution >= 4 is 22.9 Å². The van der Waals surface area contributed by atoms with E-state index in [1.165, 1.54) is 6.07 Å². The molecule has 7 nitrogen and oxygen atoms in total. The molecule has 9 heteroatoms. The van der Waals surface area contributed by atoms with Gasteiger partial charge in [0.25, 0.3) is 0 Å². The van der Waals surface area contributed by atoms with Crippen LogP contribution in [0.3, 0.4) is 0 Å². The number of benzene rings is 1. The lowest BCUT2D eigenvalue weighted by molar-refractivity contribution is 0.570. The molecule has 1 unspecified atom stereocenters. The van der Waals surface area contributed by atoms with Crippen LogP contribution in [0.2, 0.25) is 0 Å². The number of piperazine rings is 1. The number of aryl methyl sites for hydroxylation is 2. The molecule has 0 amide bonds. The molecule has 1 aromatic carbocycles. The van der Waals surface area contributed by atoms with Crippen molar-refractivity contribution in [3.63, 3.8) is 0 Å². The second-order valence-corrected chi connectivity index (χ2v) is 8.51. The Balaban J connectivity index is 1.56. The molecule has 1 saturated heterocycles. The molecule has 0 saturated carbocycles. The number of anilines is 2. The summed E-state index contributed by atoms with van der Waals surface area (Å²) in [5, 5.41) is 7.61. The molecule has 1 aliphatic rings. The van der Waals surface area contributed by atoms with Gasteiger partial charge in [-0.25, -0.2) is 9.37 Å². The van der Waals surface area contributed by atoms with Gasteiger partial charge in [-0.15, -0.1) is 0 Å². The minimum absolute atomic E-state index is 0.109. The number of hydrogen-bond donors (Lipinski definition) is 2. The Labute approximate surface area is 178 Å². The van der Waals surface area contributed by atoms with Gasteiger partial charge in [0.05, 0.1) is 11.4 Å². The molecule has 2 N–H and O–H groups in total. The van der Waals surface area contributed by atoms with E-state index in [0.29, 0.717) is 5.69 Å². The lowest BCUT2D eigenvalue weighted by atomic mass is 10.1. The number of halogens is 1. The fraction of sp³-hybridized carbons (Fsp3) is 0.333. The van der Waals surface area contributed by atoms with E-state index in [2.05, 4.69) is 25.0 Å². The zero-order valence-corrected chi connectivity index (χ0v) is 18.1. The van der Waals surface area contributed by atoms with E-state index < -0.39 is 17.2 Å². The third kappa shape index (κ3) is 4.14. The van der Waals surface area contributed by atoms with Crippen LogP contribution in [-0.2, 0) is 18.4 Å². The summed E-state index contributed by atoms with van der Waals surface area (Å²) in [6.45, 7) is 7.32. The number of nitrogens with zero attached hydrogens (tertiary/aromatic N) is 4. The summed E-state index contributed by atoms with van der Waals surface area (Å²) in [5.74, 6) is 0.365. The third-order valence-electron chi connectivity index (χ3n) is 5.36. The van der Waals surface area contributed by atoms with Crippen LogP contribution in [0.15, 0.2) is 41.4 Å². The van der Waals surface area contributed by atoms with E-state index in [1.807, 2.05) is 33.0 Å². The number of aromatic nitrogens is 3. The van der Waals surface area contributed by atoms with Gasteiger partial charge in [-0.1, -0.05) is 0 Å². The van der Waals surface area contributed by atoms with E-state index in [9.17, 15) is 8.94 Å². The van der Waals surface area contributed by atoms with Crippen LogP contribution < -0.4 is 14.9 Å². The van der Waals surface area contributed by atoms with Crippen LogP contribution in [0.25, 0.3) is 11.1 Å². The second-order valence-electron chi connectivity index (χ2n) is 7.33.